The molecule has 0 saturated heterocycles. The summed E-state index contributed by atoms with van der Waals surface area (Å²) in [6.07, 6.45) is 1.44. The van der Waals surface area contributed by atoms with Crippen LogP contribution in [-0.4, -0.2) is 36.5 Å². The van der Waals surface area contributed by atoms with Crippen molar-refractivity contribution in [1.29, 1.82) is 0 Å². The third-order valence-electron chi connectivity index (χ3n) is 4.99. The van der Waals surface area contributed by atoms with Crippen LogP contribution in [0.5, 0.6) is 0 Å². The van der Waals surface area contributed by atoms with Gasteiger partial charge in [-0.3, -0.25) is 10.1 Å². The molecule has 4 heterocycles. The van der Waals surface area contributed by atoms with Crippen molar-refractivity contribution in [3.8, 4) is 0 Å². The molecule has 0 bridgehead atoms. The van der Waals surface area contributed by atoms with Crippen LogP contribution in [0.4, 0.5) is 9.93 Å². The predicted molar refractivity (Wildman–Crippen MR) is 128 cm³/mol. The van der Waals surface area contributed by atoms with Gasteiger partial charge in [0.2, 0.25) is 5.91 Å². The van der Waals surface area contributed by atoms with Crippen molar-refractivity contribution in [2.45, 2.75) is 39.8 Å². The minimum absolute atomic E-state index is 0.155. The highest BCUT2D eigenvalue weighted by molar-refractivity contribution is 7.16. The summed E-state index contributed by atoms with van der Waals surface area (Å²) in [5.41, 5.74) is 3.04. The Bertz CT molecular complexity index is 1310. The van der Waals surface area contributed by atoms with Crippen LogP contribution in [0.2, 0.25) is 4.34 Å². The minimum Gasteiger partial charge on any atom is -0.350 e. The zero-order valence-corrected chi connectivity index (χ0v) is 20.4. The molecule has 0 spiro atoms. The standard InChI is InChI=1S/C20H21ClN8O2S2/c1-10(16-11(2)26-18-24-9-25-29(18)12(16)3)17(30)22-6-13-8-32-20(27-13)28-19(31)23-7-14-4-5-15(21)33-14/h4-5,8-10H,6-7H2,1-3H3,(H,22,30)(H2,23,27,28,31). The first kappa shape index (κ1) is 23.1. The van der Waals surface area contributed by atoms with Crippen LogP contribution >= 0.6 is 34.3 Å². The molecule has 13 heteroatoms. The second kappa shape index (κ2) is 9.81. The number of hydrogen-bond donors (Lipinski definition) is 3. The topological polar surface area (TPSA) is 126 Å². The molecule has 1 atom stereocenters. The molecule has 33 heavy (non-hydrogen) atoms. The Hall–Kier alpha value is -3.09. The monoisotopic (exact) mass is 504 g/mol. The highest BCUT2D eigenvalue weighted by Gasteiger charge is 2.22. The van der Waals surface area contributed by atoms with Gasteiger partial charge in [0.15, 0.2) is 5.13 Å². The molecule has 0 aliphatic heterocycles. The van der Waals surface area contributed by atoms with Gasteiger partial charge in [0, 0.05) is 27.2 Å². The zero-order valence-electron chi connectivity index (χ0n) is 18.0. The molecule has 4 aromatic heterocycles. The van der Waals surface area contributed by atoms with E-state index in [4.69, 9.17) is 11.6 Å². The summed E-state index contributed by atoms with van der Waals surface area (Å²) in [7, 11) is 0. The average molecular weight is 505 g/mol. The van der Waals surface area contributed by atoms with E-state index in [9.17, 15) is 9.59 Å². The molecule has 172 valence electrons. The summed E-state index contributed by atoms with van der Waals surface area (Å²) in [5.74, 6) is -0.0803. The highest BCUT2D eigenvalue weighted by atomic mass is 35.5. The van der Waals surface area contributed by atoms with Crippen LogP contribution in [0.15, 0.2) is 23.8 Å². The van der Waals surface area contributed by atoms with E-state index in [1.165, 1.54) is 29.0 Å². The molecule has 1 unspecified atom stereocenters. The van der Waals surface area contributed by atoms with Gasteiger partial charge >= 0.3 is 6.03 Å². The summed E-state index contributed by atoms with van der Waals surface area (Å²) < 4.78 is 2.30. The maximum absolute atomic E-state index is 12.8. The van der Waals surface area contributed by atoms with Crippen LogP contribution in [0.3, 0.4) is 0 Å². The number of fused-ring (bicyclic) bond motifs is 1. The van der Waals surface area contributed by atoms with Crippen LogP contribution in [-0.2, 0) is 17.9 Å². The second-order valence-electron chi connectivity index (χ2n) is 7.27. The van der Waals surface area contributed by atoms with Gasteiger partial charge in [-0.25, -0.2) is 19.3 Å². The van der Waals surface area contributed by atoms with Crippen molar-refractivity contribution in [2.24, 2.45) is 0 Å². The fraction of sp³-hybridized carbons (Fsp3) is 0.300. The van der Waals surface area contributed by atoms with E-state index in [0.717, 1.165) is 21.8 Å². The lowest BCUT2D eigenvalue weighted by Crippen LogP contribution is -2.29. The van der Waals surface area contributed by atoms with Gasteiger partial charge in [0.25, 0.3) is 5.78 Å². The van der Waals surface area contributed by atoms with Gasteiger partial charge in [-0.05, 0) is 32.9 Å². The number of aromatic nitrogens is 5. The van der Waals surface area contributed by atoms with Gasteiger partial charge in [-0.1, -0.05) is 11.6 Å². The van der Waals surface area contributed by atoms with E-state index < -0.39 is 5.92 Å². The first-order chi connectivity index (χ1) is 15.8. The Labute approximate surface area is 202 Å². The third kappa shape index (κ3) is 5.29. The number of rotatable bonds is 7. The number of halogens is 1. The number of hydrogen-bond acceptors (Lipinski definition) is 8. The Morgan fingerprint density at radius 2 is 2.00 bits per heavy atom. The van der Waals surface area contributed by atoms with Crippen molar-refractivity contribution in [3.63, 3.8) is 0 Å². The zero-order chi connectivity index (χ0) is 23.5. The highest BCUT2D eigenvalue weighted by Crippen LogP contribution is 2.24. The molecule has 0 aromatic carbocycles. The van der Waals surface area contributed by atoms with E-state index in [2.05, 4.69) is 36.0 Å². The van der Waals surface area contributed by atoms with Crippen LogP contribution < -0.4 is 16.0 Å². The SMILES string of the molecule is Cc1nc2ncnn2c(C)c1C(C)C(=O)NCc1csc(NC(=O)NCc2ccc(Cl)s2)n1. The summed E-state index contributed by atoms with van der Waals surface area (Å²) in [6.45, 7) is 6.20. The third-order valence-corrected chi connectivity index (χ3v) is 7.03. The van der Waals surface area contributed by atoms with Gasteiger partial charge in [-0.15, -0.1) is 22.7 Å². The van der Waals surface area contributed by atoms with Crippen molar-refractivity contribution in [1.82, 2.24) is 35.2 Å². The quantitative estimate of drug-likeness (QED) is 0.352. The Morgan fingerprint density at radius 3 is 2.76 bits per heavy atom. The van der Waals surface area contributed by atoms with Crippen LogP contribution in [0, 0.1) is 13.8 Å². The number of aryl methyl sites for hydroxylation is 2. The summed E-state index contributed by atoms with van der Waals surface area (Å²) in [5, 5.41) is 14.8. The average Bonchev–Trinajstić information content (AvgIpc) is 3.52. The molecule has 4 rings (SSSR count). The van der Waals surface area contributed by atoms with Crippen LogP contribution in [0.25, 0.3) is 5.78 Å². The number of amides is 3. The van der Waals surface area contributed by atoms with E-state index in [1.807, 2.05) is 26.8 Å². The molecule has 0 fully saturated rings. The number of thiophene rings is 1. The Balaban J connectivity index is 1.31. The predicted octanol–water partition coefficient (Wildman–Crippen LogP) is 3.65. The first-order valence-corrected chi connectivity index (χ1v) is 12.1. The lowest BCUT2D eigenvalue weighted by Gasteiger charge is -2.17. The molecular formula is C20H21ClN8O2S2. The number of carbonyl (C=O) groups is 2. The molecule has 0 radical (unpaired) electrons. The molecular weight excluding hydrogens is 484 g/mol. The van der Waals surface area contributed by atoms with Crippen molar-refractivity contribution in [2.75, 3.05) is 5.32 Å². The molecule has 0 aliphatic carbocycles. The normalized spacial score (nSPS) is 12.0. The summed E-state index contributed by atoms with van der Waals surface area (Å²) in [6, 6.07) is 3.29. The molecule has 3 N–H and O–H groups in total. The summed E-state index contributed by atoms with van der Waals surface area (Å²) in [4.78, 5) is 38.7. The van der Waals surface area contributed by atoms with Crippen molar-refractivity contribution < 1.29 is 9.59 Å². The number of anilines is 1. The van der Waals surface area contributed by atoms with Gasteiger partial charge < -0.3 is 10.6 Å². The fourth-order valence-electron chi connectivity index (χ4n) is 3.42. The van der Waals surface area contributed by atoms with Crippen molar-refractivity contribution >= 4 is 57.1 Å². The maximum Gasteiger partial charge on any atom is 0.321 e. The van der Waals surface area contributed by atoms with Gasteiger partial charge in [0.1, 0.15) is 6.33 Å². The van der Waals surface area contributed by atoms with Gasteiger partial charge in [0.05, 0.1) is 29.0 Å². The molecule has 0 saturated carbocycles. The van der Waals surface area contributed by atoms with E-state index in [-0.39, 0.29) is 18.5 Å². The summed E-state index contributed by atoms with van der Waals surface area (Å²) >= 11 is 8.59. The van der Waals surface area contributed by atoms with Gasteiger partial charge in [-0.2, -0.15) is 10.1 Å². The van der Waals surface area contributed by atoms with E-state index in [0.29, 0.717) is 27.5 Å². The number of carbonyl (C=O) groups excluding carboxylic acids is 2. The smallest absolute Gasteiger partial charge is 0.321 e. The lowest BCUT2D eigenvalue weighted by atomic mass is 9.97. The minimum atomic E-state index is -0.432. The molecule has 0 aliphatic rings. The first-order valence-electron chi connectivity index (χ1n) is 10.00. The largest absolute Gasteiger partial charge is 0.350 e. The lowest BCUT2D eigenvalue weighted by molar-refractivity contribution is -0.122. The van der Waals surface area contributed by atoms with Crippen LogP contribution in [0.1, 0.15) is 40.4 Å². The molecule has 4 aromatic rings. The Morgan fingerprint density at radius 1 is 1.18 bits per heavy atom. The van der Waals surface area contributed by atoms with E-state index in [1.54, 1.807) is 16.0 Å². The molecule has 10 nitrogen and oxygen atoms in total. The molecule has 3 amide bonds. The maximum atomic E-state index is 12.8. The fourth-order valence-corrected chi connectivity index (χ4v) is 5.16. The Kier molecular flexibility index (Phi) is 6.86. The number of thiazole rings is 1. The second-order valence-corrected chi connectivity index (χ2v) is 9.92. The van der Waals surface area contributed by atoms with Crippen molar-refractivity contribution in [3.05, 3.63) is 55.7 Å². The number of nitrogens with zero attached hydrogens (tertiary/aromatic N) is 5. The number of urea groups is 1. The van der Waals surface area contributed by atoms with E-state index >= 15 is 0 Å². The number of nitrogens with one attached hydrogen (secondary N) is 3.